The SMILES string of the molecule is CS(=O)(=O)N(CC(=O)NN=Cc1c(O)ccc2ccccc12)C1CCCCC1. The summed E-state index contributed by atoms with van der Waals surface area (Å²) in [4.78, 5) is 12.3. The molecule has 28 heavy (non-hydrogen) atoms. The van der Waals surface area contributed by atoms with Gasteiger partial charge in [-0.1, -0.05) is 49.6 Å². The molecule has 0 saturated heterocycles. The highest BCUT2D eigenvalue weighted by molar-refractivity contribution is 7.88. The number of aromatic hydroxyl groups is 1. The van der Waals surface area contributed by atoms with Gasteiger partial charge in [-0.25, -0.2) is 13.8 Å². The monoisotopic (exact) mass is 403 g/mol. The Morgan fingerprint density at radius 1 is 1.21 bits per heavy atom. The molecule has 0 unspecified atom stereocenters. The summed E-state index contributed by atoms with van der Waals surface area (Å²) in [5, 5.41) is 15.8. The number of phenolic OH excluding ortho intramolecular Hbond substituents is 1. The Morgan fingerprint density at radius 2 is 1.93 bits per heavy atom. The minimum Gasteiger partial charge on any atom is -0.507 e. The lowest BCUT2D eigenvalue weighted by Crippen LogP contribution is -2.45. The summed E-state index contributed by atoms with van der Waals surface area (Å²) in [6, 6.07) is 10.7. The standard InChI is InChI=1S/C20H25N3O4S/c1-28(26,27)23(16-8-3-2-4-9-16)14-20(25)22-21-13-18-17-10-6-5-7-15(17)11-12-19(18)24/h5-7,10-13,16,24H,2-4,8-9,14H2,1H3,(H,22,25). The summed E-state index contributed by atoms with van der Waals surface area (Å²) >= 11 is 0. The van der Waals surface area contributed by atoms with Gasteiger partial charge in [0.2, 0.25) is 10.0 Å². The van der Waals surface area contributed by atoms with Gasteiger partial charge in [0.15, 0.2) is 0 Å². The second-order valence-corrected chi connectivity index (χ2v) is 9.05. The normalized spacial score (nSPS) is 16.1. The zero-order valence-corrected chi connectivity index (χ0v) is 16.7. The molecule has 3 rings (SSSR count). The third-order valence-corrected chi connectivity index (χ3v) is 6.32. The quantitative estimate of drug-likeness (QED) is 0.572. The summed E-state index contributed by atoms with van der Waals surface area (Å²) in [6.45, 7) is -0.262. The summed E-state index contributed by atoms with van der Waals surface area (Å²) in [5.41, 5.74) is 2.87. The molecule has 7 nitrogen and oxygen atoms in total. The Labute approximate surface area is 165 Å². The largest absolute Gasteiger partial charge is 0.507 e. The number of nitrogens with one attached hydrogen (secondary N) is 1. The Kier molecular flexibility index (Phi) is 6.31. The first-order valence-corrected chi connectivity index (χ1v) is 11.2. The van der Waals surface area contributed by atoms with Crippen LogP contribution in [-0.4, -0.2) is 48.8 Å². The molecule has 0 aromatic heterocycles. The van der Waals surface area contributed by atoms with Crippen LogP contribution in [0.3, 0.4) is 0 Å². The van der Waals surface area contributed by atoms with Crippen molar-refractivity contribution in [3.63, 3.8) is 0 Å². The molecule has 0 atom stereocenters. The van der Waals surface area contributed by atoms with Crippen molar-refractivity contribution < 1.29 is 18.3 Å². The van der Waals surface area contributed by atoms with Crippen LogP contribution in [0.1, 0.15) is 37.7 Å². The zero-order chi connectivity index (χ0) is 20.1. The molecule has 2 N–H and O–H groups in total. The van der Waals surface area contributed by atoms with E-state index < -0.39 is 15.9 Å². The Morgan fingerprint density at radius 3 is 2.64 bits per heavy atom. The topological polar surface area (TPSA) is 99.1 Å². The highest BCUT2D eigenvalue weighted by Gasteiger charge is 2.29. The van der Waals surface area contributed by atoms with Crippen LogP contribution in [0.5, 0.6) is 5.75 Å². The lowest BCUT2D eigenvalue weighted by molar-refractivity contribution is -0.121. The van der Waals surface area contributed by atoms with Crippen LogP contribution in [0, 0.1) is 0 Å². The molecule has 2 aromatic carbocycles. The molecule has 1 fully saturated rings. The van der Waals surface area contributed by atoms with Crippen molar-refractivity contribution in [2.75, 3.05) is 12.8 Å². The third-order valence-electron chi connectivity index (χ3n) is 5.04. The first kappa shape index (κ1) is 20.3. The summed E-state index contributed by atoms with van der Waals surface area (Å²) < 4.78 is 25.5. The lowest BCUT2D eigenvalue weighted by Gasteiger charge is -2.31. The van der Waals surface area contributed by atoms with E-state index >= 15 is 0 Å². The van der Waals surface area contributed by atoms with Gasteiger partial charge in [-0.2, -0.15) is 9.41 Å². The molecule has 0 heterocycles. The number of phenols is 1. The maximum absolute atomic E-state index is 12.3. The summed E-state index contributed by atoms with van der Waals surface area (Å²) in [6.07, 6.45) is 7.08. The lowest BCUT2D eigenvalue weighted by atomic mass is 9.95. The molecule has 1 aliphatic carbocycles. The first-order chi connectivity index (χ1) is 13.4. The van der Waals surface area contributed by atoms with Crippen molar-refractivity contribution >= 4 is 32.9 Å². The minimum atomic E-state index is -3.49. The summed E-state index contributed by atoms with van der Waals surface area (Å²) in [7, 11) is -3.49. The molecule has 2 aromatic rings. The number of sulfonamides is 1. The van der Waals surface area contributed by atoms with E-state index in [1.807, 2.05) is 24.3 Å². The Hall–Kier alpha value is -2.45. The van der Waals surface area contributed by atoms with Crippen LogP contribution in [0.25, 0.3) is 10.8 Å². The van der Waals surface area contributed by atoms with E-state index in [1.165, 1.54) is 10.5 Å². The highest BCUT2D eigenvalue weighted by atomic mass is 32.2. The van der Waals surface area contributed by atoms with Crippen LogP contribution < -0.4 is 5.43 Å². The predicted octanol–water partition coefficient (Wildman–Crippen LogP) is 2.59. The molecule has 0 spiro atoms. The highest BCUT2D eigenvalue weighted by Crippen LogP contribution is 2.26. The van der Waals surface area contributed by atoms with Gasteiger partial charge in [0.05, 0.1) is 19.0 Å². The van der Waals surface area contributed by atoms with Crippen molar-refractivity contribution in [1.29, 1.82) is 0 Å². The third kappa shape index (κ3) is 4.88. The van der Waals surface area contributed by atoms with E-state index in [0.29, 0.717) is 5.56 Å². The van der Waals surface area contributed by atoms with Gasteiger partial charge in [0.25, 0.3) is 5.91 Å². The average molecular weight is 404 g/mol. The van der Waals surface area contributed by atoms with E-state index in [9.17, 15) is 18.3 Å². The number of hydrazone groups is 1. The maximum atomic E-state index is 12.3. The van der Waals surface area contributed by atoms with Gasteiger partial charge in [-0.05, 0) is 29.7 Å². The molecular formula is C20H25N3O4S. The number of hydrogen-bond donors (Lipinski definition) is 2. The van der Waals surface area contributed by atoms with Gasteiger partial charge in [0, 0.05) is 11.6 Å². The van der Waals surface area contributed by atoms with Crippen molar-refractivity contribution in [3.8, 4) is 5.75 Å². The molecule has 0 bridgehead atoms. The number of amides is 1. The van der Waals surface area contributed by atoms with E-state index in [0.717, 1.165) is 49.1 Å². The van der Waals surface area contributed by atoms with E-state index in [-0.39, 0.29) is 18.3 Å². The van der Waals surface area contributed by atoms with Crippen LogP contribution in [0.15, 0.2) is 41.5 Å². The van der Waals surface area contributed by atoms with Crippen LogP contribution in [0.4, 0.5) is 0 Å². The van der Waals surface area contributed by atoms with E-state index in [1.54, 1.807) is 12.1 Å². The fourth-order valence-electron chi connectivity index (χ4n) is 3.65. The smallest absolute Gasteiger partial charge is 0.255 e. The number of benzene rings is 2. The van der Waals surface area contributed by atoms with E-state index in [4.69, 9.17) is 0 Å². The number of fused-ring (bicyclic) bond motifs is 1. The number of rotatable bonds is 6. The molecule has 1 aliphatic rings. The molecular weight excluding hydrogens is 378 g/mol. The second kappa shape index (κ2) is 8.70. The van der Waals surface area contributed by atoms with Gasteiger partial charge >= 0.3 is 0 Å². The number of carbonyl (C=O) groups is 1. The maximum Gasteiger partial charge on any atom is 0.255 e. The first-order valence-electron chi connectivity index (χ1n) is 9.35. The van der Waals surface area contributed by atoms with Crippen molar-refractivity contribution in [3.05, 3.63) is 42.0 Å². The zero-order valence-electron chi connectivity index (χ0n) is 15.8. The van der Waals surface area contributed by atoms with Gasteiger partial charge in [-0.15, -0.1) is 0 Å². The van der Waals surface area contributed by atoms with Gasteiger partial charge < -0.3 is 5.11 Å². The number of hydrogen-bond acceptors (Lipinski definition) is 5. The molecule has 0 aliphatic heterocycles. The van der Waals surface area contributed by atoms with Crippen molar-refractivity contribution in [2.45, 2.75) is 38.1 Å². The average Bonchev–Trinajstić information content (AvgIpc) is 2.67. The molecule has 0 radical (unpaired) electrons. The summed E-state index contributed by atoms with van der Waals surface area (Å²) in [5.74, 6) is -0.455. The minimum absolute atomic E-state index is 0.0525. The Bertz CT molecular complexity index is 982. The molecule has 8 heteroatoms. The van der Waals surface area contributed by atoms with E-state index in [2.05, 4.69) is 10.5 Å². The predicted molar refractivity (Wildman–Crippen MR) is 110 cm³/mol. The van der Waals surface area contributed by atoms with Crippen LogP contribution in [-0.2, 0) is 14.8 Å². The number of nitrogens with zero attached hydrogens (tertiary/aromatic N) is 2. The Balaban J connectivity index is 1.70. The van der Waals surface area contributed by atoms with Crippen molar-refractivity contribution in [1.82, 2.24) is 9.73 Å². The molecule has 1 amide bonds. The second-order valence-electron chi connectivity index (χ2n) is 7.11. The van der Waals surface area contributed by atoms with Crippen molar-refractivity contribution in [2.24, 2.45) is 5.10 Å². The molecule has 150 valence electrons. The number of carbonyl (C=O) groups excluding carboxylic acids is 1. The van der Waals surface area contributed by atoms with Crippen LogP contribution >= 0.6 is 0 Å². The van der Waals surface area contributed by atoms with Crippen LogP contribution in [0.2, 0.25) is 0 Å². The molecule has 1 saturated carbocycles. The fraction of sp³-hybridized carbons (Fsp3) is 0.400. The van der Waals surface area contributed by atoms with Gasteiger partial charge in [-0.3, -0.25) is 4.79 Å². The van der Waals surface area contributed by atoms with Gasteiger partial charge in [0.1, 0.15) is 5.75 Å². The fourth-order valence-corrected chi connectivity index (χ4v) is 4.76.